The van der Waals surface area contributed by atoms with E-state index >= 15 is 0 Å². The van der Waals surface area contributed by atoms with Crippen LogP contribution in [0.4, 0.5) is 5.69 Å². The molecule has 0 saturated heterocycles. The van der Waals surface area contributed by atoms with Crippen molar-refractivity contribution >= 4 is 52.2 Å². The Bertz CT molecular complexity index is 686. The van der Waals surface area contributed by atoms with Crippen molar-refractivity contribution in [2.45, 2.75) is 35.4 Å². The van der Waals surface area contributed by atoms with Crippen LogP contribution in [0.3, 0.4) is 0 Å². The molecule has 128 valence electrons. The molecule has 24 heavy (non-hydrogen) atoms. The number of anilines is 1. The molecular weight excluding hydrogens is 362 g/mol. The topological polar surface area (TPSA) is 72.0 Å². The Hall–Kier alpha value is -1.38. The fraction of sp³-hybridized carbons (Fsp3) is 0.375. The molecule has 1 amide bonds. The minimum Gasteiger partial charge on any atom is -0.326 e. The third-order valence-electron chi connectivity index (χ3n) is 2.95. The Balaban J connectivity index is 1.86. The number of ketones is 1. The summed E-state index contributed by atoms with van der Waals surface area (Å²) in [5.74, 6) is 1.31. The number of carbonyl (C=O) groups excluding carboxylic acids is 2. The van der Waals surface area contributed by atoms with Crippen LogP contribution in [0.2, 0.25) is 0 Å². The number of nitrogens with one attached hydrogen (secondary N) is 1. The van der Waals surface area contributed by atoms with E-state index in [-0.39, 0.29) is 11.7 Å². The van der Waals surface area contributed by atoms with Crippen molar-refractivity contribution in [1.82, 2.24) is 10.2 Å². The molecular formula is C16H19N3O2S3. The second-order valence-corrected chi connectivity index (χ2v) is 8.57. The summed E-state index contributed by atoms with van der Waals surface area (Å²) in [4.78, 5) is 23.8. The van der Waals surface area contributed by atoms with Gasteiger partial charge in [0.15, 0.2) is 14.5 Å². The highest BCUT2D eigenvalue weighted by Crippen LogP contribution is 2.29. The average molecular weight is 382 g/mol. The van der Waals surface area contributed by atoms with Crippen molar-refractivity contribution in [3.05, 3.63) is 29.8 Å². The summed E-state index contributed by atoms with van der Waals surface area (Å²) in [7, 11) is 0. The monoisotopic (exact) mass is 381 g/mol. The van der Waals surface area contributed by atoms with Gasteiger partial charge >= 0.3 is 0 Å². The summed E-state index contributed by atoms with van der Waals surface area (Å²) in [6.45, 7) is 4.03. The van der Waals surface area contributed by atoms with E-state index in [9.17, 15) is 9.59 Å². The molecule has 0 fully saturated rings. The van der Waals surface area contributed by atoms with Crippen LogP contribution >= 0.6 is 34.9 Å². The zero-order valence-electron chi connectivity index (χ0n) is 13.6. The maximum Gasteiger partial charge on any atom is 0.224 e. The molecule has 5 nitrogen and oxygen atoms in total. The number of Topliss-reactive ketones (excluding diaryl/α,β-unsaturated/α-hetero) is 1. The Kier molecular flexibility index (Phi) is 7.74. The predicted octanol–water partition coefficient (Wildman–Crippen LogP) is 4.36. The number of aromatic nitrogens is 2. The Morgan fingerprint density at radius 1 is 1.08 bits per heavy atom. The van der Waals surface area contributed by atoms with Crippen LogP contribution in [0.15, 0.2) is 32.9 Å². The van der Waals surface area contributed by atoms with E-state index in [1.807, 2.05) is 6.92 Å². The van der Waals surface area contributed by atoms with E-state index in [2.05, 4.69) is 22.4 Å². The predicted molar refractivity (Wildman–Crippen MR) is 101 cm³/mol. The lowest BCUT2D eigenvalue weighted by Crippen LogP contribution is -2.10. The normalized spacial score (nSPS) is 10.6. The third-order valence-corrected chi connectivity index (χ3v) is 6.02. The lowest BCUT2D eigenvalue weighted by molar-refractivity contribution is -0.116. The Labute approximate surface area is 154 Å². The molecule has 0 unspecified atom stereocenters. The van der Waals surface area contributed by atoms with Gasteiger partial charge in [0.1, 0.15) is 0 Å². The molecule has 1 N–H and O–H groups in total. The fourth-order valence-electron chi connectivity index (χ4n) is 1.84. The van der Waals surface area contributed by atoms with Gasteiger partial charge in [-0.1, -0.05) is 48.7 Å². The Morgan fingerprint density at radius 2 is 1.75 bits per heavy atom. The second-order valence-electron chi connectivity index (χ2n) is 4.85. The second kappa shape index (κ2) is 9.80. The first-order valence-corrected chi connectivity index (χ1v) is 10.4. The number of hydrogen-bond acceptors (Lipinski definition) is 7. The minimum absolute atomic E-state index is 0.0100. The molecule has 2 aromatic rings. The van der Waals surface area contributed by atoms with Gasteiger partial charge in [0.25, 0.3) is 0 Å². The van der Waals surface area contributed by atoms with Crippen LogP contribution in [0, 0.1) is 0 Å². The number of nitrogens with zero attached hydrogens (tertiary/aromatic N) is 2. The van der Waals surface area contributed by atoms with Gasteiger partial charge in [-0.05, 0) is 36.4 Å². The minimum atomic E-state index is -0.0100. The zero-order chi connectivity index (χ0) is 17.4. The van der Waals surface area contributed by atoms with Crippen molar-refractivity contribution in [2.75, 3.05) is 16.8 Å². The lowest BCUT2D eigenvalue weighted by atomic mass is 10.1. The van der Waals surface area contributed by atoms with Crippen molar-refractivity contribution in [3.8, 4) is 0 Å². The van der Waals surface area contributed by atoms with Gasteiger partial charge in [-0.2, -0.15) is 0 Å². The van der Waals surface area contributed by atoms with E-state index in [0.29, 0.717) is 23.4 Å². The van der Waals surface area contributed by atoms with Crippen molar-refractivity contribution in [1.29, 1.82) is 0 Å². The molecule has 0 atom stereocenters. The fourth-order valence-corrected chi connectivity index (χ4v) is 4.65. The molecule has 0 aliphatic rings. The number of carbonyl (C=O) groups is 2. The quantitative estimate of drug-likeness (QED) is 0.514. The number of hydrogen-bond donors (Lipinski definition) is 1. The van der Waals surface area contributed by atoms with E-state index in [0.717, 1.165) is 20.9 Å². The molecule has 1 heterocycles. The summed E-state index contributed by atoms with van der Waals surface area (Å²) in [6.07, 6.45) is 1.31. The molecule has 0 aliphatic heterocycles. The van der Waals surface area contributed by atoms with Gasteiger partial charge in [-0.15, -0.1) is 10.2 Å². The standard InChI is InChI=1S/C16H19N3O2S3/c1-3-5-14(21)17-12-8-6-11(7-9-12)13(20)10-23-16-19-18-15(24-16)22-4-2/h6-9H,3-5,10H2,1-2H3,(H,17,21). The molecule has 0 saturated carbocycles. The van der Waals surface area contributed by atoms with Crippen LogP contribution in [0.5, 0.6) is 0 Å². The summed E-state index contributed by atoms with van der Waals surface area (Å²) in [5.41, 5.74) is 1.34. The SMILES string of the molecule is CCCC(=O)Nc1ccc(C(=O)CSc2nnc(SCC)s2)cc1. The summed E-state index contributed by atoms with van der Waals surface area (Å²) in [6, 6.07) is 6.99. The van der Waals surface area contributed by atoms with E-state index in [1.54, 1.807) is 36.0 Å². The zero-order valence-corrected chi connectivity index (χ0v) is 16.0. The molecule has 1 aromatic heterocycles. The van der Waals surface area contributed by atoms with E-state index in [1.165, 1.54) is 23.1 Å². The smallest absolute Gasteiger partial charge is 0.224 e. The highest BCUT2D eigenvalue weighted by Gasteiger charge is 2.10. The largest absolute Gasteiger partial charge is 0.326 e. The first kappa shape index (κ1) is 19.0. The summed E-state index contributed by atoms with van der Waals surface area (Å²) >= 11 is 4.56. The summed E-state index contributed by atoms with van der Waals surface area (Å²) in [5, 5.41) is 11.0. The molecule has 1 aromatic carbocycles. The van der Waals surface area contributed by atoms with Gasteiger partial charge in [0.05, 0.1) is 5.75 Å². The van der Waals surface area contributed by atoms with Crippen LogP contribution < -0.4 is 5.32 Å². The number of amides is 1. The number of benzene rings is 1. The molecule has 0 bridgehead atoms. The maximum atomic E-state index is 12.2. The first-order valence-electron chi connectivity index (χ1n) is 7.64. The number of rotatable bonds is 9. The van der Waals surface area contributed by atoms with Crippen molar-refractivity contribution in [2.24, 2.45) is 0 Å². The molecule has 2 rings (SSSR count). The highest BCUT2D eigenvalue weighted by molar-refractivity contribution is 8.03. The van der Waals surface area contributed by atoms with E-state index in [4.69, 9.17) is 0 Å². The first-order chi connectivity index (χ1) is 11.6. The Morgan fingerprint density at radius 3 is 2.38 bits per heavy atom. The van der Waals surface area contributed by atoms with Crippen molar-refractivity contribution in [3.63, 3.8) is 0 Å². The van der Waals surface area contributed by atoms with Crippen LogP contribution in [0.1, 0.15) is 37.0 Å². The third kappa shape index (κ3) is 5.92. The molecule has 0 radical (unpaired) electrons. The van der Waals surface area contributed by atoms with Gasteiger partial charge in [0, 0.05) is 17.7 Å². The summed E-state index contributed by atoms with van der Waals surface area (Å²) < 4.78 is 1.74. The van der Waals surface area contributed by atoms with Crippen LogP contribution in [-0.4, -0.2) is 33.4 Å². The van der Waals surface area contributed by atoms with Crippen molar-refractivity contribution < 1.29 is 9.59 Å². The van der Waals surface area contributed by atoms with Crippen LogP contribution in [-0.2, 0) is 4.79 Å². The van der Waals surface area contributed by atoms with Gasteiger partial charge in [0.2, 0.25) is 5.91 Å². The number of thioether (sulfide) groups is 2. The highest BCUT2D eigenvalue weighted by atomic mass is 32.2. The van der Waals surface area contributed by atoms with Gasteiger partial charge in [-0.25, -0.2) is 0 Å². The maximum absolute atomic E-state index is 12.2. The van der Waals surface area contributed by atoms with Gasteiger partial charge in [-0.3, -0.25) is 9.59 Å². The molecule has 0 spiro atoms. The lowest BCUT2D eigenvalue weighted by Gasteiger charge is -2.05. The van der Waals surface area contributed by atoms with E-state index < -0.39 is 0 Å². The molecule has 8 heteroatoms. The molecule has 0 aliphatic carbocycles. The average Bonchev–Trinajstić information content (AvgIpc) is 3.01. The van der Waals surface area contributed by atoms with Gasteiger partial charge < -0.3 is 5.32 Å². The van der Waals surface area contributed by atoms with Crippen LogP contribution in [0.25, 0.3) is 0 Å².